The second kappa shape index (κ2) is 6.16. The first kappa shape index (κ1) is 14.7. The van der Waals surface area contributed by atoms with Gasteiger partial charge in [-0.2, -0.15) is 0 Å². The number of rotatable bonds is 4. The summed E-state index contributed by atoms with van der Waals surface area (Å²) in [7, 11) is 2.35. The number of quaternary nitrogens is 1. The minimum atomic E-state index is 0.909. The number of hydrogen-bond donors (Lipinski definition) is 0. The first-order chi connectivity index (χ1) is 9.00. The quantitative estimate of drug-likeness (QED) is 0.622. The largest absolute Gasteiger partial charge is 0.370 e. The lowest BCUT2D eigenvalue weighted by atomic mass is 10.2. The van der Waals surface area contributed by atoms with Crippen LogP contribution in [0.4, 0.5) is 0 Å². The van der Waals surface area contributed by atoms with Crippen LogP contribution in [0, 0.1) is 18.4 Å². The van der Waals surface area contributed by atoms with E-state index in [4.69, 9.17) is 17.0 Å². The maximum absolute atomic E-state index is 5.45. The fourth-order valence-electron chi connectivity index (χ4n) is 2.86. The van der Waals surface area contributed by atoms with E-state index in [2.05, 4.69) is 37.6 Å². The fraction of sp³-hybridized carbons (Fsp3) is 0.667. The Labute approximate surface area is 121 Å². The van der Waals surface area contributed by atoms with Gasteiger partial charge >= 0.3 is 0 Å². The molecular weight excluding hydrogens is 256 g/mol. The minimum Gasteiger partial charge on any atom is -0.370 e. The molecule has 0 aliphatic carbocycles. The Bertz CT molecular complexity index is 463. The Balaban J connectivity index is 1.94. The molecule has 0 radical (unpaired) electrons. The summed E-state index contributed by atoms with van der Waals surface area (Å²) in [5.41, 5.74) is 2.55. The van der Waals surface area contributed by atoms with Crippen molar-refractivity contribution in [2.75, 3.05) is 39.9 Å². The van der Waals surface area contributed by atoms with Crippen LogP contribution in [0.3, 0.4) is 0 Å². The Morgan fingerprint density at radius 3 is 2.37 bits per heavy atom. The monoisotopic (exact) mass is 281 g/mol. The van der Waals surface area contributed by atoms with Crippen molar-refractivity contribution >= 4 is 12.2 Å². The number of pyridine rings is 1. The second-order valence-corrected chi connectivity index (χ2v) is 6.35. The average Bonchev–Trinajstić information content (AvgIpc) is 2.33. The van der Waals surface area contributed by atoms with Gasteiger partial charge in [-0.15, -0.1) is 0 Å². The SMILES string of the molecule is Cc1cc(=S)cc(C)n1CCC[N+]1(C)CCOCC1. The van der Waals surface area contributed by atoms with Gasteiger partial charge in [0.05, 0.1) is 26.8 Å². The summed E-state index contributed by atoms with van der Waals surface area (Å²) in [5, 5.41) is 0. The van der Waals surface area contributed by atoms with Gasteiger partial charge in [0.2, 0.25) is 0 Å². The number of aromatic nitrogens is 1. The number of morpholine rings is 1. The Morgan fingerprint density at radius 1 is 1.21 bits per heavy atom. The number of ether oxygens (including phenoxy) is 1. The number of likely N-dealkylation sites (N-methyl/N-ethyl adjacent to an activating group) is 1. The smallest absolute Gasteiger partial charge is 0.102 e. The number of aryl methyl sites for hydroxylation is 2. The third-order valence-electron chi connectivity index (χ3n) is 4.18. The zero-order chi connectivity index (χ0) is 13.9. The van der Waals surface area contributed by atoms with Crippen LogP contribution >= 0.6 is 12.2 Å². The molecule has 2 rings (SSSR count). The lowest BCUT2D eigenvalue weighted by Crippen LogP contribution is -2.52. The van der Waals surface area contributed by atoms with Crippen molar-refractivity contribution in [1.82, 2.24) is 4.57 Å². The van der Waals surface area contributed by atoms with Crippen molar-refractivity contribution in [2.24, 2.45) is 0 Å². The molecule has 1 aromatic rings. The van der Waals surface area contributed by atoms with Crippen LogP contribution in [0.25, 0.3) is 0 Å². The molecule has 3 nitrogen and oxygen atoms in total. The van der Waals surface area contributed by atoms with Crippen LogP contribution in [0.15, 0.2) is 12.1 Å². The highest BCUT2D eigenvalue weighted by Gasteiger charge is 2.24. The van der Waals surface area contributed by atoms with Crippen LogP contribution in [-0.2, 0) is 11.3 Å². The van der Waals surface area contributed by atoms with Gasteiger partial charge in [0.15, 0.2) is 0 Å². The predicted octanol–water partition coefficient (Wildman–Crippen LogP) is 2.70. The van der Waals surface area contributed by atoms with Gasteiger partial charge in [-0.3, -0.25) is 0 Å². The predicted molar refractivity (Wildman–Crippen MR) is 81.0 cm³/mol. The van der Waals surface area contributed by atoms with E-state index in [0.717, 1.165) is 41.8 Å². The topological polar surface area (TPSA) is 14.2 Å². The van der Waals surface area contributed by atoms with E-state index in [9.17, 15) is 0 Å². The highest BCUT2D eigenvalue weighted by Crippen LogP contribution is 2.12. The van der Waals surface area contributed by atoms with E-state index >= 15 is 0 Å². The summed E-state index contributed by atoms with van der Waals surface area (Å²) >= 11 is 5.25. The summed E-state index contributed by atoms with van der Waals surface area (Å²) in [6.07, 6.45) is 1.21. The van der Waals surface area contributed by atoms with Crippen molar-refractivity contribution in [2.45, 2.75) is 26.8 Å². The summed E-state index contributed by atoms with van der Waals surface area (Å²) in [4.78, 5) is 0. The first-order valence-corrected chi connectivity index (χ1v) is 7.50. The van der Waals surface area contributed by atoms with Gasteiger partial charge < -0.3 is 13.8 Å². The van der Waals surface area contributed by atoms with Gasteiger partial charge in [0, 0.05) is 28.9 Å². The molecule has 0 N–H and O–H groups in total. The van der Waals surface area contributed by atoms with Crippen LogP contribution in [0.1, 0.15) is 17.8 Å². The third-order valence-corrected chi connectivity index (χ3v) is 4.42. The van der Waals surface area contributed by atoms with Crippen LogP contribution in [-0.4, -0.2) is 48.9 Å². The van der Waals surface area contributed by atoms with Crippen LogP contribution in [0.5, 0.6) is 0 Å². The van der Waals surface area contributed by atoms with Gasteiger partial charge in [-0.05, 0) is 26.0 Å². The second-order valence-electron chi connectivity index (χ2n) is 5.88. The molecule has 0 saturated carbocycles. The highest BCUT2D eigenvalue weighted by atomic mass is 32.1. The van der Waals surface area contributed by atoms with Crippen molar-refractivity contribution in [3.05, 3.63) is 28.0 Å². The van der Waals surface area contributed by atoms with E-state index < -0.39 is 0 Å². The molecule has 0 aromatic carbocycles. The van der Waals surface area contributed by atoms with Gasteiger partial charge in [0.1, 0.15) is 13.1 Å². The van der Waals surface area contributed by atoms with Crippen molar-refractivity contribution < 1.29 is 9.22 Å². The van der Waals surface area contributed by atoms with E-state index in [0.29, 0.717) is 0 Å². The normalized spacial score (nSPS) is 18.5. The zero-order valence-corrected chi connectivity index (χ0v) is 13.1. The van der Waals surface area contributed by atoms with Gasteiger partial charge in [-0.1, -0.05) is 12.2 Å². The van der Waals surface area contributed by atoms with E-state index in [1.54, 1.807) is 0 Å². The van der Waals surface area contributed by atoms with Crippen LogP contribution < -0.4 is 0 Å². The number of nitrogens with zero attached hydrogens (tertiary/aromatic N) is 2. The molecule has 4 heteroatoms. The Hall–Kier alpha value is -0.710. The summed E-state index contributed by atoms with van der Waals surface area (Å²) < 4.78 is 9.92. The molecule has 0 spiro atoms. The standard InChI is InChI=1S/C15H25N2OS/c1-13-11-15(19)12-14(2)16(13)5-4-6-17(3)7-9-18-10-8-17/h11-12H,4-10H2,1-3H3/q+1. The lowest BCUT2D eigenvalue weighted by Gasteiger charge is -2.37. The molecule has 19 heavy (non-hydrogen) atoms. The summed E-state index contributed by atoms with van der Waals surface area (Å²) in [6.45, 7) is 10.7. The Morgan fingerprint density at radius 2 is 1.79 bits per heavy atom. The lowest BCUT2D eigenvalue weighted by molar-refractivity contribution is -0.917. The molecule has 106 valence electrons. The molecule has 1 aliphatic heterocycles. The molecule has 0 amide bonds. The van der Waals surface area contributed by atoms with Crippen molar-refractivity contribution in [3.63, 3.8) is 0 Å². The number of hydrogen-bond acceptors (Lipinski definition) is 2. The van der Waals surface area contributed by atoms with E-state index in [1.165, 1.54) is 24.4 Å². The molecule has 1 fully saturated rings. The molecule has 0 atom stereocenters. The summed E-state index contributed by atoms with van der Waals surface area (Å²) in [6, 6.07) is 4.18. The molecular formula is C15H25N2OS+. The van der Waals surface area contributed by atoms with Gasteiger partial charge in [0.25, 0.3) is 0 Å². The van der Waals surface area contributed by atoms with Crippen molar-refractivity contribution in [1.29, 1.82) is 0 Å². The molecule has 0 bridgehead atoms. The first-order valence-electron chi connectivity index (χ1n) is 7.10. The van der Waals surface area contributed by atoms with Crippen molar-refractivity contribution in [3.8, 4) is 0 Å². The van der Waals surface area contributed by atoms with Gasteiger partial charge in [-0.25, -0.2) is 0 Å². The molecule has 2 heterocycles. The minimum absolute atomic E-state index is 0.909. The molecule has 1 aliphatic rings. The third kappa shape index (κ3) is 3.88. The zero-order valence-electron chi connectivity index (χ0n) is 12.3. The average molecular weight is 281 g/mol. The highest BCUT2D eigenvalue weighted by molar-refractivity contribution is 7.71. The molecule has 1 saturated heterocycles. The summed E-state index contributed by atoms with van der Waals surface area (Å²) in [5.74, 6) is 0. The molecule has 0 unspecified atom stereocenters. The van der Waals surface area contributed by atoms with E-state index in [1.807, 2.05) is 0 Å². The molecule has 1 aromatic heterocycles. The Kier molecular flexibility index (Phi) is 4.76. The maximum atomic E-state index is 5.45. The van der Waals surface area contributed by atoms with E-state index in [-0.39, 0.29) is 0 Å². The fourth-order valence-corrected chi connectivity index (χ4v) is 3.20. The van der Waals surface area contributed by atoms with Crippen LogP contribution in [0.2, 0.25) is 0 Å². The maximum Gasteiger partial charge on any atom is 0.102 e.